The second kappa shape index (κ2) is 5.58. The summed E-state index contributed by atoms with van der Waals surface area (Å²) in [5, 5.41) is 2.49. The minimum absolute atomic E-state index is 0.0493. The highest BCUT2D eigenvalue weighted by Gasteiger charge is 2.34. The number of carbonyl (C=O) groups is 1. The van der Waals surface area contributed by atoms with E-state index in [-0.39, 0.29) is 11.4 Å². The normalized spacial score (nSPS) is 18.9. The molecule has 0 saturated carbocycles. The number of benzene rings is 2. The van der Waals surface area contributed by atoms with E-state index in [1.54, 1.807) is 0 Å². The molecule has 2 aromatic rings. The van der Waals surface area contributed by atoms with Crippen LogP contribution in [0.25, 0.3) is 16.8 Å². The number of nitrogens with one attached hydrogen (secondary N) is 2. The predicted molar refractivity (Wildman–Crippen MR) is 91.3 cm³/mol. The summed E-state index contributed by atoms with van der Waals surface area (Å²) >= 11 is 0. The van der Waals surface area contributed by atoms with Crippen molar-refractivity contribution in [3.8, 4) is 0 Å². The van der Waals surface area contributed by atoms with Gasteiger partial charge in [-0.2, -0.15) is 0 Å². The van der Waals surface area contributed by atoms with Crippen LogP contribution in [0.1, 0.15) is 38.3 Å². The number of hydrogen-bond acceptors (Lipinski definition) is 2. The fourth-order valence-corrected chi connectivity index (χ4v) is 3.03. The first-order valence-corrected chi connectivity index (χ1v) is 7.83. The minimum Gasteiger partial charge on any atom is -0.287 e. The average Bonchev–Trinajstić information content (AvgIpc) is 2.76. The number of hydrogen-bond donors (Lipinski definition) is 2. The summed E-state index contributed by atoms with van der Waals surface area (Å²) in [5.41, 5.74) is 8.60. The summed E-state index contributed by atoms with van der Waals surface area (Å²) < 4.78 is 0. The Kier molecular flexibility index (Phi) is 3.75. The molecule has 3 rings (SSSR count). The molecule has 1 amide bonds. The van der Waals surface area contributed by atoms with Gasteiger partial charge in [-0.25, -0.2) is 5.43 Å². The molecule has 1 aliphatic rings. The van der Waals surface area contributed by atoms with Crippen molar-refractivity contribution < 1.29 is 4.79 Å². The first kappa shape index (κ1) is 14.8. The lowest BCUT2D eigenvalue weighted by Crippen LogP contribution is -2.38. The lowest BCUT2D eigenvalue weighted by atomic mass is 9.91. The van der Waals surface area contributed by atoms with Gasteiger partial charge in [-0.05, 0) is 48.2 Å². The van der Waals surface area contributed by atoms with E-state index in [0.717, 1.165) is 24.0 Å². The molecule has 2 aromatic carbocycles. The van der Waals surface area contributed by atoms with Crippen LogP contribution in [0.4, 0.5) is 0 Å². The first-order chi connectivity index (χ1) is 10.5. The third kappa shape index (κ3) is 2.53. The number of amides is 1. The molecule has 22 heavy (non-hydrogen) atoms. The molecular weight excluding hydrogens is 272 g/mol. The smallest absolute Gasteiger partial charge is 0.263 e. The van der Waals surface area contributed by atoms with E-state index >= 15 is 0 Å². The molecule has 114 valence electrons. The summed E-state index contributed by atoms with van der Waals surface area (Å²) in [6.45, 7) is 6.20. The summed E-state index contributed by atoms with van der Waals surface area (Å²) in [7, 11) is 0. The molecule has 3 nitrogen and oxygen atoms in total. The van der Waals surface area contributed by atoms with Gasteiger partial charge in [0.05, 0.1) is 5.54 Å². The van der Waals surface area contributed by atoms with E-state index in [2.05, 4.69) is 54.2 Å². The van der Waals surface area contributed by atoms with E-state index in [1.807, 2.05) is 19.9 Å². The van der Waals surface area contributed by atoms with Crippen LogP contribution in [0.5, 0.6) is 0 Å². The second-order valence-electron chi connectivity index (χ2n) is 6.37. The Morgan fingerprint density at radius 1 is 1.09 bits per heavy atom. The van der Waals surface area contributed by atoms with Crippen LogP contribution in [0.2, 0.25) is 0 Å². The van der Waals surface area contributed by atoms with E-state index in [4.69, 9.17) is 0 Å². The maximum absolute atomic E-state index is 12.1. The van der Waals surface area contributed by atoms with Crippen molar-refractivity contribution >= 4 is 22.8 Å². The molecule has 0 unspecified atom stereocenters. The van der Waals surface area contributed by atoms with Crippen molar-refractivity contribution in [3.05, 3.63) is 53.1 Å². The van der Waals surface area contributed by atoms with E-state index in [0.29, 0.717) is 0 Å². The van der Waals surface area contributed by atoms with Crippen LogP contribution in [-0.2, 0) is 11.2 Å². The van der Waals surface area contributed by atoms with Gasteiger partial charge in [0.25, 0.3) is 5.91 Å². The van der Waals surface area contributed by atoms with Gasteiger partial charge >= 0.3 is 0 Å². The largest absolute Gasteiger partial charge is 0.287 e. The van der Waals surface area contributed by atoms with Crippen molar-refractivity contribution in [2.24, 2.45) is 0 Å². The number of aryl methyl sites for hydroxylation is 1. The van der Waals surface area contributed by atoms with Gasteiger partial charge in [-0.15, -0.1) is 0 Å². The molecule has 3 heteroatoms. The molecular formula is C19H22N2O. The number of hydrazine groups is 1. The third-order valence-electron chi connectivity index (χ3n) is 4.27. The molecule has 0 aliphatic carbocycles. The molecule has 0 atom stereocenters. The Balaban J connectivity index is 2.17. The Labute approximate surface area is 131 Å². The standard InChI is InChI=1S/C19H22N2O/c1-4-7-13-10-11-14(16-9-6-5-8-15(13)16)12-17-18(22)20-21-19(17,2)3/h5-6,8-12,21H,4,7H2,1-3H3,(H,20,22)/b17-12+. The van der Waals surface area contributed by atoms with Crippen molar-refractivity contribution in [2.75, 3.05) is 0 Å². The highest BCUT2D eigenvalue weighted by molar-refractivity contribution is 6.04. The zero-order valence-electron chi connectivity index (χ0n) is 13.4. The van der Waals surface area contributed by atoms with Gasteiger partial charge in [0, 0.05) is 5.57 Å². The quantitative estimate of drug-likeness (QED) is 0.849. The topological polar surface area (TPSA) is 41.1 Å². The van der Waals surface area contributed by atoms with Gasteiger partial charge in [0.15, 0.2) is 0 Å². The summed E-state index contributed by atoms with van der Waals surface area (Å²) in [5.74, 6) is -0.0493. The van der Waals surface area contributed by atoms with Crippen LogP contribution < -0.4 is 10.9 Å². The van der Waals surface area contributed by atoms with Crippen molar-refractivity contribution in [2.45, 2.75) is 39.2 Å². The number of fused-ring (bicyclic) bond motifs is 1. The van der Waals surface area contributed by atoms with Gasteiger partial charge < -0.3 is 0 Å². The molecule has 1 heterocycles. The van der Waals surface area contributed by atoms with E-state index in [9.17, 15) is 4.79 Å². The Morgan fingerprint density at radius 3 is 2.45 bits per heavy atom. The predicted octanol–water partition coefficient (Wildman–Crippen LogP) is 3.59. The molecule has 1 fully saturated rings. The minimum atomic E-state index is -0.361. The van der Waals surface area contributed by atoms with Crippen LogP contribution in [0, 0.1) is 0 Å². The van der Waals surface area contributed by atoms with Crippen molar-refractivity contribution in [3.63, 3.8) is 0 Å². The highest BCUT2D eigenvalue weighted by Crippen LogP contribution is 2.29. The first-order valence-electron chi connectivity index (χ1n) is 7.83. The van der Waals surface area contributed by atoms with Crippen LogP contribution in [0.3, 0.4) is 0 Å². The summed E-state index contributed by atoms with van der Waals surface area (Å²) in [6.07, 6.45) is 4.21. The fraction of sp³-hybridized carbons (Fsp3) is 0.316. The number of rotatable bonds is 3. The summed E-state index contributed by atoms with van der Waals surface area (Å²) in [4.78, 5) is 12.1. The molecule has 2 N–H and O–H groups in total. The maximum Gasteiger partial charge on any atom is 0.263 e. The third-order valence-corrected chi connectivity index (χ3v) is 4.27. The molecule has 0 spiro atoms. The highest BCUT2D eigenvalue weighted by atomic mass is 16.2. The second-order valence-corrected chi connectivity index (χ2v) is 6.37. The lowest BCUT2D eigenvalue weighted by molar-refractivity contribution is -0.116. The van der Waals surface area contributed by atoms with E-state index in [1.165, 1.54) is 16.3 Å². The Bertz CT molecular complexity index is 759. The van der Waals surface area contributed by atoms with Crippen molar-refractivity contribution in [1.82, 2.24) is 10.9 Å². The van der Waals surface area contributed by atoms with Gasteiger partial charge in [0.1, 0.15) is 0 Å². The molecule has 1 saturated heterocycles. The molecule has 0 radical (unpaired) electrons. The molecule has 0 bridgehead atoms. The molecule has 1 aliphatic heterocycles. The van der Waals surface area contributed by atoms with Crippen LogP contribution in [0.15, 0.2) is 42.0 Å². The fourth-order valence-electron chi connectivity index (χ4n) is 3.03. The SMILES string of the molecule is CCCc1ccc(/C=C2\C(=O)NNC2(C)C)c2ccccc12. The van der Waals surface area contributed by atoms with Gasteiger partial charge in [-0.3, -0.25) is 10.2 Å². The zero-order chi connectivity index (χ0) is 15.7. The number of carbonyl (C=O) groups excluding carboxylic acids is 1. The molecule has 0 aromatic heterocycles. The monoisotopic (exact) mass is 294 g/mol. The van der Waals surface area contributed by atoms with E-state index < -0.39 is 0 Å². The van der Waals surface area contributed by atoms with Crippen molar-refractivity contribution in [1.29, 1.82) is 0 Å². The Hall–Kier alpha value is -2.13. The summed E-state index contributed by atoms with van der Waals surface area (Å²) in [6, 6.07) is 12.7. The van der Waals surface area contributed by atoms with Gasteiger partial charge in [0.2, 0.25) is 0 Å². The average molecular weight is 294 g/mol. The Morgan fingerprint density at radius 2 is 1.82 bits per heavy atom. The van der Waals surface area contributed by atoms with Gasteiger partial charge in [-0.1, -0.05) is 49.7 Å². The zero-order valence-corrected chi connectivity index (χ0v) is 13.4. The van der Waals surface area contributed by atoms with Crippen LogP contribution >= 0.6 is 0 Å². The van der Waals surface area contributed by atoms with Crippen LogP contribution in [-0.4, -0.2) is 11.4 Å². The maximum atomic E-state index is 12.1. The lowest BCUT2D eigenvalue weighted by Gasteiger charge is -2.17.